The quantitative estimate of drug-likeness (QED) is 0.425. The van der Waals surface area contributed by atoms with Gasteiger partial charge in [-0.05, 0) is 48.0 Å². The van der Waals surface area contributed by atoms with Gasteiger partial charge in [-0.25, -0.2) is 15.4 Å². The van der Waals surface area contributed by atoms with E-state index < -0.39 is 5.91 Å². The summed E-state index contributed by atoms with van der Waals surface area (Å²) >= 11 is 0. The average Bonchev–Trinajstić information content (AvgIpc) is 3.16. The fourth-order valence-corrected chi connectivity index (χ4v) is 2.82. The maximum atomic E-state index is 11.5. The molecule has 7 heteroatoms. The number of hydroxylamine groups is 1. The first kappa shape index (κ1) is 16.7. The van der Waals surface area contributed by atoms with Crippen molar-refractivity contribution in [2.24, 2.45) is 0 Å². The van der Waals surface area contributed by atoms with Gasteiger partial charge in [0, 0.05) is 22.9 Å². The van der Waals surface area contributed by atoms with Crippen molar-refractivity contribution < 1.29 is 19.2 Å². The maximum Gasteiger partial charge on any atom is 0.274 e. The van der Waals surface area contributed by atoms with Crippen molar-refractivity contribution in [2.75, 3.05) is 7.11 Å². The summed E-state index contributed by atoms with van der Waals surface area (Å²) in [6.07, 6.45) is 1.68. The second-order valence-corrected chi connectivity index (χ2v) is 5.78. The summed E-state index contributed by atoms with van der Waals surface area (Å²) < 4.78 is 11.1. The van der Waals surface area contributed by atoms with Crippen LogP contribution in [0.3, 0.4) is 0 Å². The molecule has 0 saturated carbocycles. The fourth-order valence-electron chi connectivity index (χ4n) is 2.82. The van der Waals surface area contributed by atoms with Crippen molar-refractivity contribution in [3.63, 3.8) is 0 Å². The van der Waals surface area contributed by atoms with E-state index in [1.165, 1.54) is 0 Å². The number of nitrogens with one attached hydrogen (secondary N) is 1. The van der Waals surface area contributed by atoms with E-state index in [1.807, 2.05) is 36.4 Å². The Balaban J connectivity index is 1.68. The second kappa shape index (κ2) is 6.89. The number of aromatic nitrogens is 2. The maximum absolute atomic E-state index is 11.5. The van der Waals surface area contributed by atoms with Gasteiger partial charge in [0.1, 0.15) is 5.52 Å². The zero-order valence-electron chi connectivity index (χ0n) is 14.3. The molecule has 0 bridgehead atoms. The van der Waals surface area contributed by atoms with Crippen LogP contribution in [0.2, 0.25) is 0 Å². The molecule has 0 aliphatic heterocycles. The largest absolute Gasteiger partial charge is 0.481 e. The number of hydrogen-bond acceptors (Lipinski definition) is 6. The smallest absolute Gasteiger partial charge is 0.274 e. The van der Waals surface area contributed by atoms with Crippen LogP contribution in [0.25, 0.3) is 33.7 Å². The minimum Gasteiger partial charge on any atom is -0.481 e. The van der Waals surface area contributed by atoms with Gasteiger partial charge in [0.15, 0.2) is 5.58 Å². The molecule has 1 amide bonds. The third-order valence-electron chi connectivity index (χ3n) is 4.16. The molecule has 0 aliphatic carbocycles. The van der Waals surface area contributed by atoms with Crippen molar-refractivity contribution in [2.45, 2.75) is 0 Å². The number of benzene rings is 2. The third-order valence-corrected chi connectivity index (χ3v) is 4.16. The molecule has 2 heterocycles. The first-order chi connectivity index (χ1) is 13.2. The zero-order chi connectivity index (χ0) is 18.8. The Labute approximate surface area is 154 Å². The molecule has 0 aliphatic rings. The Hall–Kier alpha value is -3.71. The van der Waals surface area contributed by atoms with E-state index in [9.17, 15) is 4.79 Å². The molecule has 0 saturated heterocycles. The third kappa shape index (κ3) is 3.11. The molecule has 134 valence electrons. The number of nitrogens with zero attached hydrogens (tertiary/aromatic N) is 2. The van der Waals surface area contributed by atoms with Gasteiger partial charge in [-0.3, -0.25) is 10.0 Å². The lowest BCUT2D eigenvalue weighted by Crippen LogP contribution is -2.18. The average molecular weight is 361 g/mol. The predicted octanol–water partition coefficient (Wildman–Crippen LogP) is 3.68. The molecular formula is C20H15N3O4. The topological polar surface area (TPSA) is 97.5 Å². The Kier molecular flexibility index (Phi) is 4.27. The number of carbonyl (C=O) groups is 1. The van der Waals surface area contributed by atoms with E-state index in [1.54, 1.807) is 37.0 Å². The standard InChI is InChI=1S/C20H15N3O4/c1-26-20-15(3-2-10-21-20)12-4-6-13(7-5-12)19-22-16-11-14(18(24)23-25)8-9-17(16)27-19/h2-11,25H,1H3,(H,23,24). The Morgan fingerprint density at radius 1 is 1.11 bits per heavy atom. The molecular weight excluding hydrogens is 346 g/mol. The van der Waals surface area contributed by atoms with Crippen molar-refractivity contribution in [3.05, 3.63) is 66.4 Å². The van der Waals surface area contributed by atoms with Crippen molar-refractivity contribution >= 4 is 17.0 Å². The van der Waals surface area contributed by atoms with Gasteiger partial charge in [0.25, 0.3) is 5.91 Å². The van der Waals surface area contributed by atoms with E-state index >= 15 is 0 Å². The predicted molar refractivity (Wildman–Crippen MR) is 98.5 cm³/mol. The molecule has 2 aromatic carbocycles. The first-order valence-electron chi connectivity index (χ1n) is 8.14. The van der Waals surface area contributed by atoms with Gasteiger partial charge < -0.3 is 9.15 Å². The van der Waals surface area contributed by atoms with E-state index in [-0.39, 0.29) is 0 Å². The Bertz CT molecular complexity index is 1120. The molecule has 27 heavy (non-hydrogen) atoms. The van der Waals surface area contributed by atoms with Gasteiger partial charge in [0.05, 0.1) is 7.11 Å². The van der Waals surface area contributed by atoms with Crippen LogP contribution in [0.1, 0.15) is 10.4 Å². The van der Waals surface area contributed by atoms with Crippen LogP contribution in [-0.4, -0.2) is 28.2 Å². The number of oxazole rings is 1. The molecule has 7 nitrogen and oxygen atoms in total. The lowest BCUT2D eigenvalue weighted by atomic mass is 10.1. The number of rotatable bonds is 4. The molecule has 0 atom stereocenters. The normalized spacial score (nSPS) is 10.7. The molecule has 4 aromatic rings. The van der Waals surface area contributed by atoms with E-state index in [0.717, 1.165) is 16.7 Å². The highest BCUT2D eigenvalue weighted by Gasteiger charge is 2.12. The minimum absolute atomic E-state index is 0.295. The second-order valence-electron chi connectivity index (χ2n) is 5.78. The molecule has 0 radical (unpaired) electrons. The van der Waals surface area contributed by atoms with Crippen molar-refractivity contribution in [1.82, 2.24) is 15.4 Å². The Morgan fingerprint density at radius 3 is 2.63 bits per heavy atom. The summed E-state index contributed by atoms with van der Waals surface area (Å²) in [6, 6.07) is 16.2. The van der Waals surface area contributed by atoms with Gasteiger partial charge in [-0.1, -0.05) is 12.1 Å². The number of methoxy groups -OCH3 is 1. The summed E-state index contributed by atoms with van der Waals surface area (Å²) in [5, 5.41) is 8.74. The SMILES string of the molecule is COc1ncccc1-c1ccc(-c2nc3cc(C(=O)NO)ccc3o2)cc1. The number of fused-ring (bicyclic) bond motifs is 1. The van der Waals surface area contributed by atoms with Crippen molar-refractivity contribution in [1.29, 1.82) is 0 Å². The molecule has 4 rings (SSSR count). The van der Waals surface area contributed by atoms with Crippen LogP contribution < -0.4 is 10.2 Å². The highest BCUT2D eigenvalue weighted by atomic mass is 16.5. The van der Waals surface area contributed by atoms with Gasteiger partial charge in [-0.2, -0.15) is 0 Å². The molecule has 0 fully saturated rings. The summed E-state index contributed by atoms with van der Waals surface area (Å²) in [4.78, 5) is 20.2. The van der Waals surface area contributed by atoms with Crippen LogP contribution in [0.15, 0.2) is 65.2 Å². The molecule has 0 unspecified atom stereocenters. The highest BCUT2D eigenvalue weighted by Crippen LogP contribution is 2.30. The molecule has 2 aromatic heterocycles. The van der Waals surface area contributed by atoms with Crippen molar-refractivity contribution in [3.8, 4) is 28.5 Å². The monoisotopic (exact) mass is 361 g/mol. The van der Waals surface area contributed by atoms with Crippen LogP contribution >= 0.6 is 0 Å². The van der Waals surface area contributed by atoms with Crippen LogP contribution in [0.5, 0.6) is 5.88 Å². The fraction of sp³-hybridized carbons (Fsp3) is 0.0500. The lowest BCUT2D eigenvalue weighted by Gasteiger charge is -2.07. The van der Waals surface area contributed by atoms with Gasteiger partial charge in [-0.15, -0.1) is 0 Å². The van der Waals surface area contributed by atoms with Crippen LogP contribution in [0, 0.1) is 0 Å². The summed E-state index contributed by atoms with van der Waals surface area (Å²) in [6.45, 7) is 0. The van der Waals surface area contributed by atoms with Crippen LogP contribution in [0.4, 0.5) is 0 Å². The van der Waals surface area contributed by atoms with Gasteiger partial charge in [0.2, 0.25) is 11.8 Å². The summed E-state index contributed by atoms with van der Waals surface area (Å²) in [5.41, 5.74) is 5.63. The Morgan fingerprint density at radius 2 is 1.89 bits per heavy atom. The number of carbonyl (C=O) groups excluding carboxylic acids is 1. The minimum atomic E-state index is -0.601. The number of hydrogen-bond donors (Lipinski definition) is 2. The summed E-state index contributed by atoms with van der Waals surface area (Å²) in [5.74, 6) is 0.397. The van der Waals surface area contributed by atoms with Crippen LogP contribution in [-0.2, 0) is 0 Å². The summed E-state index contributed by atoms with van der Waals surface area (Å²) in [7, 11) is 1.59. The molecule has 2 N–H and O–H groups in total. The van der Waals surface area contributed by atoms with E-state index in [0.29, 0.717) is 28.4 Å². The van der Waals surface area contributed by atoms with Gasteiger partial charge >= 0.3 is 0 Å². The number of ether oxygens (including phenoxy) is 1. The number of amides is 1. The number of pyridine rings is 1. The first-order valence-corrected chi connectivity index (χ1v) is 8.14. The van der Waals surface area contributed by atoms with E-state index in [2.05, 4.69) is 9.97 Å². The lowest BCUT2D eigenvalue weighted by molar-refractivity contribution is 0.0706. The highest BCUT2D eigenvalue weighted by molar-refractivity contribution is 5.96. The zero-order valence-corrected chi connectivity index (χ0v) is 14.3. The molecule has 0 spiro atoms. The van der Waals surface area contributed by atoms with E-state index in [4.69, 9.17) is 14.4 Å².